The smallest absolute Gasteiger partial charge is 0.303 e. The molecule has 4 nitrogen and oxygen atoms in total. The van der Waals surface area contributed by atoms with Crippen LogP contribution in [0.25, 0.3) is 0 Å². The number of phosphoric acid groups is 1. The zero-order valence-electron chi connectivity index (χ0n) is 5.04. The Bertz CT molecular complexity index is 105. The molecule has 0 aromatic heterocycles. The molecular weight excluding hydrogens is 259 g/mol. The summed E-state index contributed by atoms with van der Waals surface area (Å²) >= 11 is 3.80. The van der Waals surface area contributed by atoms with Crippen molar-refractivity contribution in [1.82, 2.24) is 0 Å². The first-order valence-electron chi connectivity index (χ1n) is 1.92. The molecule has 0 bridgehead atoms. The first-order valence-corrected chi connectivity index (χ1v) is 4.11. The number of hydrogen-bond acceptors (Lipinski definition) is 2. The summed E-state index contributed by atoms with van der Waals surface area (Å²) in [5, 5.41) is 0. The summed E-state index contributed by atoms with van der Waals surface area (Å²) in [5.41, 5.74) is 0. The molecule has 62 valence electrons. The van der Waals surface area contributed by atoms with E-state index in [1.165, 1.54) is 0 Å². The molecule has 0 saturated carbocycles. The zero-order chi connectivity index (χ0) is 7.91. The topological polar surface area (TPSA) is 77.8 Å². The van der Waals surface area contributed by atoms with Crippen LogP contribution < -0.4 is 0 Å². The van der Waals surface area contributed by atoms with Crippen LogP contribution in [0.15, 0.2) is 12.7 Å². The average Bonchev–Trinajstić information content (AvgIpc) is 1.61. The molecule has 0 aromatic carbocycles. The third-order valence-electron chi connectivity index (χ3n) is 0.129. The van der Waals surface area contributed by atoms with Crippen molar-refractivity contribution >= 4 is 20.5 Å². The fraction of sp³-hybridized carbons (Fsp3) is 0.333. The van der Waals surface area contributed by atoms with E-state index in [-0.39, 0.29) is 21.1 Å². The molecule has 0 rings (SSSR count). The molecule has 0 spiro atoms. The molecule has 0 aliphatic rings. The van der Waals surface area contributed by atoms with Crippen LogP contribution in [0.4, 0.5) is 0 Å². The maximum Gasteiger partial charge on any atom is 0.466 e. The molecule has 0 aliphatic carbocycles. The van der Waals surface area contributed by atoms with Gasteiger partial charge in [-0.15, -0.1) is 6.58 Å². The monoisotopic (exact) mass is 270 g/mol. The van der Waals surface area contributed by atoms with Gasteiger partial charge in [0.05, 0.1) is 0 Å². The second kappa shape index (κ2) is 9.89. The Kier molecular flexibility index (Phi) is 16.9. The van der Waals surface area contributed by atoms with Crippen LogP contribution in [-0.4, -0.2) is 20.4 Å². The predicted molar refractivity (Wildman–Crippen MR) is 38.3 cm³/mol. The van der Waals surface area contributed by atoms with Gasteiger partial charge in [0.1, 0.15) is 0 Å². The predicted octanol–water partition coefficient (Wildman–Crippen LogP) is 0.171. The molecule has 0 aliphatic heterocycles. The van der Waals surface area contributed by atoms with E-state index in [1.54, 1.807) is 6.08 Å². The molecule has 10 heavy (non-hydrogen) atoms. The zero-order valence-corrected chi connectivity index (χ0v) is 8.84. The fourth-order valence-electron chi connectivity index (χ4n) is 0. The van der Waals surface area contributed by atoms with Crippen molar-refractivity contribution in [2.24, 2.45) is 0 Å². The van der Waals surface area contributed by atoms with Gasteiger partial charge < -0.3 is 14.7 Å². The van der Waals surface area contributed by atoms with E-state index < -0.39 is 7.82 Å². The van der Waals surface area contributed by atoms with Crippen LogP contribution in [0.3, 0.4) is 0 Å². The van der Waals surface area contributed by atoms with Crippen molar-refractivity contribution in [2.45, 2.75) is 0 Å². The quantitative estimate of drug-likeness (QED) is 0.237. The van der Waals surface area contributed by atoms with Gasteiger partial charge in [-0.2, -0.15) is 12.6 Å². The van der Waals surface area contributed by atoms with E-state index in [9.17, 15) is 0 Å². The molecule has 0 aromatic rings. The summed E-state index contributed by atoms with van der Waals surface area (Å²) in [6.45, 7) is 3.40. The molecule has 0 amide bonds. The van der Waals surface area contributed by atoms with Crippen LogP contribution in [0.1, 0.15) is 0 Å². The van der Waals surface area contributed by atoms with Crippen molar-refractivity contribution in [2.75, 3.05) is 5.75 Å². The molecule has 0 saturated heterocycles. The van der Waals surface area contributed by atoms with Gasteiger partial charge in [-0.3, -0.25) is 0 Å². The van der Waals surface area contributed by atoms with E-state index in [4.69, 9.17) is 19.2 Å². The van der Waals surface area contributed by atoms with Crippen molar-refractivity contribution in [1.29, 1.82) is 0 Å². The Labute approximate surface area is 79.3 Å². The van der Waals surface area contributed by atoms with Crippen molar-refractivity contribution in [3.8, 4) is 0 Å². The minimum Gasteiger partial charge on any atom is -0.303 e. The summed E-state index contributed by atoms with van der Waals surface area (Å²) in [6, 6.07) is 0. The Morgan fingerprint density at radius 1 is 1.50 bits per heavy atom. The largest absolute Gasteiger partial charge is 0.466 e. The first kappa shape index (κ1) is 17.1. The summed E-state index contributed by atoms with van der Waals surface area (Å²) in [5.74, 6) is 0.778. The molecule has 7 heteroatoms. The van der Waals surface area contributed by atoms with Gasteiger partial charge in [-0.25, -0.2) is 4.57 Å². The van der Waals surface area contributed by atoms with E-state index in [0.29, 0.717) is 0 Å². The molecule has 0 atom stereocenters. The molecule has 0 fully saturated rings. The van der Waals surface area contributed by atoms with Crippen LogP contribution in [0.5, 0.6) is 0 Å². The molecule has 0 heterocycles. The van der Waals surface area contributed by atoms with Crippen LogP contribution >= 0.6 is 20.5 Å². The van der Waals surface area contributed by atoms with Crippen molar-refractivity contribution < 1.29 is 40.3 Å². The molecule has 0 unspecified atom stereocenters. The molecular formula is C3H9MoO4PS. The van der Waals surface area contributed by atoms with E-state index in [0.717, 1.165) is 5.75 Å². The standard InChI is InChI=1S/C3H6S.Mo.H3O4P/c1-2-3-4;;1-5(2,3)4/h2,4H,1,3H2;;(H3,1,2,3,4). The van der Waals surface area contributed by atoms with E-state index in [1.807, 2.05) is 0 Å². The second-order valence-electron chi connectivity index (χ2n) is 0.985. The van der Waals surface area contributed by atoms with E-state index >= 15 is 0 Å². The Morgan fingerprint density at radius 2 is 1.60 bits per heavy atom. The SMILES string of the molecule is C=CCS.O=P(O)(O)O.[Mo]. The van der Waals surface area contributed by atoms with E-state index in [2.05, 4.69) is 19.2 Å². The maximum atomic E-state index is 8.88. The van der Waals surface area contributed by atoms with Gasteiger partial charge in [-0.05, 0) is 0 Å². The minimum absolute atomic E-state index is 0. The maximum absolute atomic E-state index is 8.88. The number of thiol groups is 1. The van der Waals surface area contributed by atoms with Crippen LogP contribution in [-0.2, 0) is 25.6 Å². The number of rotatable bonds is 1. The number of hydrogen-bond donors (Lipinski definition) is 4. The Hall–Kier alpha value is 0.888. The summed E-state index contributed by atoms with van der Waals surface area (Å²) in [4.78, 5) is 21.6. The van der Waals surface area contributed by atoms with Crippen molar-refractivity contribution in [3.05, 3.63) is 12.7 Å². The average molecular weight is 268 g/mol. The molecule has 3 N–H and O–H groups in total. The second-order valence-corrected chi connectivity index (χ2v) is 2.38. The fourth-order valence-corrected chi connectivity index (χ4v) is 0. The van der Waals surface area contributed by atoms with Gasteiger partial charge in [0.25, 0.3) is 0 Å². The van der Waals surface area contributed by atoms with Gasteiger partial charge in [0.15, 0.2) is 0 Å². The van der Waals surface area contributed by atoms with Gasteiger partial charge in [0.2, 0.25) is 0 Å². The van der Waals surface area contributed by atoms with Crippen LogP contribution in [0.2, 0.25) is 0 Å². The normalized spacial score (nSPS) is 8.40. The van der Waals surface area contributed by atoms with Gasteiger partial charge in [0, 0.05) is 26.8 Å². The van der Waals surface area contributed by atoms with Crippen LogP contribution in [0, 0.1) is 0 Å². The van der Waals surface area contributed by atoms with Crippen molar-refractivity contribution in [3.63, 3.8) is 0 Å². The Morgan fingerprint density at radius 3 is 1.60 bits per heavy atom. The summed E-state index contributed by atoms with van der Waals surface area (Å²) in [6.07, 6.45) is 1.74. The Balaban J connectivity index is -0.0000000910. The minimum atomic E-state index is -4.64. The summed E-state index contributed by atoms with van der Waals surface area (Å²) < 4.78 is 8.88. The molecule has 0 radical (unpaired) electrons. The first-order chi connectivity index (χ1) is 3.91. The summed E-state index contributed by atoms with van der Waals surface area (Å²) in [7, 11) is -4.64. The van der Waals surface area contributed by atoms with Gasteiger partial charge >= 0.3 is 7.82 Å². The van der Waals surface area contributed by atoms with Gasteiger partial charge in [-0.1, -0.05) is 6.08 Å². The third kappa shape index (κ3) is 155. The third-order valence-corrected chi connectivity index (χ3v) is 0.387.